The summed E-state index contributed by atoms with van der Waals surface area (Å²) in [5, 5.41) is 4.23. The minimum absolute atomic E-state index is 0.212. The summed E-state index contributed by atoms with van der Waals surface area (Å²) >= 11 is 0. The number of hydrogen-bond acceptors (Lipinski definition) is 7. The Morgan fingerprint density at radius 2 is 1.86 bits per heavy atom. The monoisotopic (exact) mass is 380 g/mol. The lowest BCUT2D eigenvalue weighted by atomic mass is 10.2. The highest BCUT2D eigenvalue weighted by Crippen LogP contribution is 2.15. The van der Waals surface area contributed by atoms with Crippen LogP contribution in [0.5, 0.6) is 0 Å². The van der Waals surface area contributed by atoms with Crippen molar-refractivity contribution in [1.82, 2.24) is 24.5 Å². The molecule has 4 rings (SSSR count). The standard InChI is InChI=1S/C19H20N6O3/c1-14-17(18-21-7-4-8-25(18)22-14)19(27)28-13-16(26)24-11-9-23(10-12-24)15-5-2-3-6-20-15/h2-8H,9-13H2,1H3. The van der Waals surface area contributed by atoms with Crippen LogP contribution in [0.25, 0.3) is 5.65 Å². The van der Waals surface area contributed by atoms with Gasteiger partial charge in [-0.15, -0.1) is 0 Å². The number of ether oxygens (including phenoxy) is 1. The van der Waals surface area contributed by atoms with Gasteiger partial charge in [0.15, 0.2) is 12.3 Å². The number of piperazine rings is 1. The molecule has 0 spiro atoms. The number of carbonyl (C=O) groups is 2. The lowest BCUT2D eigenvalue weighted by molar-refractivity contribution is -0.134. The first-order chi connectivity index (χ1) is 13.6. The molecule has 1 saturated heterocycles. The first-order valence-electron chi connectivity index (χ1n) is 9.04. The Labute approximate surface area is 161 Å². The van der Waals surface area contributed by atoms with Gasteiger partial charge in [-0.1, -0.05) is 6.07 Å². The van der Waals surface area contributed by atoms with Gasteiger partial charge in [-0.05, 0) is 25.1 Å². The number of pyridine rings is 1. The predicted octanol–water partition coefficient (Wildman–Crippen LogP) is 0.938. The second-order valence-electron chi connectivity index (χ2n) is 6.48. The van der Waals surface area contributed by atoms with Crippen LogP contribution in [0.3, 0.4) is 0 Å². The molecule has 9 heteroatoms. The molecule has 28 heavy (non-hydrogen) atoms. The minimum atomic E-state index is -0.591. The molecule has 0 aromatic carbocycles. The summed E-state index contributed by atoms with van der Waals surface area (Å²) in [4.78, 5) is 37.2. The van der Waals surface area contributed by atoms with E-state index < -0.39 is 5.97 Å². The van der Waals surface area contributed by atoms with Gasteiger partial charge in [0.2, 0.25) is 0 Å². The van der Waals surface area contributed by atoms with E-state index in [1.807, 2.05) is 18.2 Å². The van der Waals surface area contributed by atoms with Gasteiger partial charge in [-0.3, -0.25) is 4.79 Å². The summed E-state index contributed by atoms with van der Waals surface area (Å²) in [6, 6.07) is 7.49. The molecule has 3 aromatic rings. The fraction of sp³-hybridized carbons (Fsp3) is 0.316. The molecule has 4 heterocycles. The number of fused-ring (bicyclic) bond motifs is 1. The average Bonchev–Trinajstić information content (AvgIpc) is 3.08. The Kier molecular flexibility index (Phi) is 4.88. The molecule has 1 amide bonds. The van der Waals surface area contributed by atoms with Crippen molar-refractivity contribution in [3.05, 3.63) is 54.1 Å². The van der Waals surface area contributed by atoms with E-state index in [2.05, 4.69) is 20.0 Å². The van der Waals surface area contributed by atoms with Crippen molar-refractivity contribution in [1.29, 1.82) is 0 Å². The van der Waals surface area contributed by atoms with Gasteiger partial charge in [-0.2, -0.15) is 5.10 Å². The van der Waals surface area contributed by atoms with Gasteiger partial charge in [-0.25, -0.2) is 19.3 Å². The van der Waals surface area contributed by atoms with Gasteiger partial charge < -0.3 is 14.5 Å². The van der Waals surface area contributed by atoms with E-state index in [-0.39, 0.29) is 18.1 Å². The number of carbonyl (C=O) groups excluding carboxylic acids is 2. The maximum Gasteiger partial charge on any atom is 0.344 e. The summed E-state index contributed by atoms with van der Waals surface area (Å²) in [5.74, 6) is 0.0971. The zero-order valence-electron chi connectivity index (χ0n) is 15.5. The SMILES string of the molecule is Cc1nn2cccnc2c1C(=O)OCC(=O)N1CCN(c2ccccn2)CC1. The molecule has 0 bridgehead atoms. The van der Waals surface area contributed by atoms with E-state index in [0.717, 1.165) is 5.82 Å². The van der Waals surface area contributed by atoms with Gasteiger partial charge in [0.25, 0.3) is 5.91 Å². The molecule has 3 aromatic heterocycles. The van der Waals surface area contributed by atoms with Gasteiger partial charge in [0.05, 0.1) is 5.69 Å². The maximum absolute atomic E-state index is 12.5. The summed E-state index contributed by atoms with van der Waals surface area (Å²) in [6.45, 7) is 3.91. The molecule has 0 N–H and O–H groups in total. The van der Waals surface area contributed by atoms with Crippen LogP contribution in [0, 0.1) is 6.92 Å². The smallest absolute Gasteiger partial charge is 0.344 e. The summed E-state index contributed by atoms with van der Waals surface area (Å²) in [6.07, 6.45) is 5.04. The number of esters is 1. The molecular weight excluding hydrogens is 360 g/mol. The van der Waals surface area contributed by atoms with E-state index in [1.54, 1.807) is 36.5 Å². The molecule has 0 saturated carbocycles. The highest BCUT2D eigenvalue weighted by Gasteiger charge is 2.24. The topological polar surface area (TPSA) is 92.9 Å². The van der Waals surface area contributed by atoms with Crippen molar-refractivity contribution >= 4 is 23.3 Å². The molecule has 1 fully saturated rings. The number of aromatic nitrogens is 4. The van der Waals surface area contributed by atoms with E-state index in [1.165, 1.54) is 4.52 Å². The van der Waals surface area contributed by atoms with E-state index in [9.17, 15) is 9.59 Å². The van der Waals surface area contributed by atoms with E-state index >= 15 is 0 Å². The van der Waals surface area contributed by atoms with Crippen LogP contribution in [-0.2, 0) is 9.53 Å². The Morgan fingerprint density at radius 3 is 2.61 bits per heavy atom. The Balaban J connectivity index is 1.33. The molecule has 1 aliphatic heterocycles. The second kappa shape index (κ2) is 7.63. The van der Waals surface area contributed by atoms with Crippen LogP contribution in [-0.4, -0.2) is 69.1 Å². The minimum Gasteiger partial charge on any atom is -0.452 e. The highest BCUT2D eigenvalue weighted by molar-refractivity contribution is 5.98. The Hall–Kier alpha value is -3.49. The normalized spacial score (nSPS) is 14.3. The Morgan fingerprint density at radius 1 is 1.07 bits per heavy atom. The maximum atomic E-state index is 12.5. The first-order valence-corrected chi connectivity index (χ1v) is 9.04. The van der Waals surface area contributed by atoms with Crippen molar-refractivity contribution in [2.24, 2.45) is 0 Å². The van der Waals surface area contributed by atoms with Crippen molar-refractivity contribution in [3.63, 3.8) is 0 Å². The van der Waals surface area contributed by atoms with Crippen molar-refractivity contribution in [3.8, 4) is 0 Å². The quantitative estimate of drug-likeness (QED) is 0.622. The zero-order chi connectivity index (χ0) is 19.5. The fourth-order valence-corrected chi connectivity index (χ4v) is 3.25. The lowest BCUT2D eigenvalue weighted by Crippen LogP contribution is -2.50. The summed E-state index contributed by atoms with van der Waals surface area (Å²) < 4.78 is 6.77. The third-order valence-corrected chi connectivity index (χ3v) is 4.71. The van der Waals surface area contributed by atoms with Gasteiger partial charge in [0.1, 0.15) is 11.4 Å². The van der Waals surface area contributed by atoms with Crippen molar-refractivity contribution < 1.29 is 14.3 Å². The highest BCUT2D eigenvalue weighted by atomic mass is 16.5. The number of hydrogen-bond donors (Lipinski definition) is 0. The van der Waals surface area contributed by atoms with Crippen LogP contribution >= 0.6 is 0 Å². The summed E-state index contributed by atoms with van der Waals surface area (Å²) in [7, 11) is 0. The predicted molar refractivity (Wildman–Crippen MR) is 101 cm³/mol. The molecule has 9 nitrogen and oxygen atoms in total. The molecular formula is C19H20N6O3. The largest absolute Gasteiger partial charge is 0.452 e. The molecule has 0 radical (unpaired) electrons. The van der Waals surface area contributed by atoms with Crippen LogP contribution in [0.2, 0.25) is 0 Å². The van der Waals surface area contributed by atoms with Gasteiger partial charge in [0, 0.05) is 44.8 Å². The van der Waals surface area contributed by atoms with E-state index in [0.29, 0.717) is 37.5 Å². The molecule has 144 valence electrons. The number of anilines is 1. The van der Waals surface area contributed by atoms with Crippen LogP contribution in [0.1, 0.15) is 16.1 Å². The van der Waals surface area contributed by atoms with Crippen molar-refractivity contribution in [2.75, 3.05) is 37.7 Å². The van der Waals surface area contributed by atoms with E-state index in [4.69, 9.17) is 4.74 Å². The molecule has 0 unspecified atom stereocenters. The first kappa shape index (κ1) is 17.9. The molecule has 1 aliphatic rings. The molecule has 0 aliphatic carbocycles. The lowest BCUT2D eigenvalue weighted by Gasteiger charge is -2.35. The second-order valence-corrected chi connectivity index (χ2v) is 6.48. The zero-order valence-corrected chi connectivity index (χ0v) is 15.5. The number of aryl methyl sites for hydroxylation is 1. The number of nitrogens with zero attached hydrogens (tertiary/aromatic N) is 6. The van der Waals surface area contributed by atoms with Crippen LogP contribution in [0.15, 0.2) is 42.9 Å². The Bertz CT molecular complexity index is 995. The van der Waals surface area contributed by atoms with Crippen LogP contribution in [0.4, 0.5) is 5.82 Å². The third kappa shape index (κ3) is 3.51. The fourth-order valence-electron chi connectivity index (χ4n) is 3.25. The average molecular weight is 380 g/mol. The molecule has 0 atom stereocenters. The van der Waals surface area contributed by atoms with Crippen molar-refractivity contribution in [2.45, 2.75) is 6.92 Å². The summed E-state index contributed by atoms with van der Waals surface area (Å²) in [5.41, 5.74) is 1.22. The number of amides is 1. The van der Waals surface area contributed by atoms with Crippen LogP contribution < -0.4 is 4.90 Å². The third-order valence-electron chi connectivity index (χ3n) is 4.71. The van der Waals surface area contributed by atoms with Gasteiger partial charge >= 0.3 is 5.97 Å². The number of rotatable bonds is 4.